The fourth-order valence-corrected chi connectivity index (χ4v) is 8.40. The lowest BCUT2D eigenvalue weighted by atomic mass is 9.96. The topological polar surface area (TPSA) is 112 Å². The second-order valence-corrected chi connectivity index (χ2v) is 23.0. The minimum absolute atomic E-state index is 0.0373. The maximum Gasteiger partial charge on any atom is 0.410 e. The number of amides is 1. The van der Waals surface area contributed by atoms with Crippen LogP contribution in [0.1, 0.15) is 75.6 Å². The van der Waals surface area contributed by atoms with Crippen LogP contribution in [0.5, 0.6) is 5.75 Å². The number of pyridine rings is 1. The minimum Gasteiger partial charge on any atom is -0.488 e. The fraction of sp³-hybridized carbons (Fsp3) is 0.405. The third kappa shape index (κ3) is 10.4. The van der Waals surface area contributed by atoms with Crippen molar-refractivity contribution in [2.75, 3.05) is 18.8 Å². The van der Waals surface area contributed by atoms with Crippen LogP contribution in [0.4, 0.5) is 4.79 Å². The van der Waals surface area contributed by atoms with Gasteiger partial charge in [-0.3, -0.25) is 9.78 Å². The normalized spacial score (nSPS) is 15.5. The molecule has 1 aromatic heterocycles. The lowest BCUT2D eigenvalue weighted by Gasteiger charge is -2.41. The summed E-state index contributed by atoms with van der Waals surface area (Å²) in [5, 5.41) is -0.0373. The van der Waals surface area contributed by atoms with Gasteiger partial charge >= 0.3 is 6.09 Å². The summed E-state index contributed by atoms with van der Waals surface area (Å²) >= 11 is 0. The minimum atomic E-state index is -3.74. The van der Waals surface area contributed by atoms with Crippen molar-refractivity contribution in [3.8, 4) is 16.9 Å². The molecule has 5 rings (SSSR count). The molecule has 4 aromatic rings. The Morgan fingerprint density at radius 3 is 2.23 bits per heavy atom. The number of nitrogens with zero attached hydrogens (tertiary/aromatic N) is 2. The van der Waals surface area contributed by atoms with E-state index in [1.54, 1.807) is 47.6 Å². The van der Waals surface area contributed by atoms with Crippen molar-refractivity contribution in [3.05, 3.63) is 114 Å². The summed E-state index contributed by atoms with van der Waals surface area (Å²) in [6, 6.07) is 24.9. The summed E-state index contributed by atoms with van der Waals surface area (Å²) in [6.45, 7) is 17.2. The van der Waals surface area contributed by atoms with Gasteiger partial charge in [-0.1, -0.05) is 75.4 Å². The number of aromatic nitrogens is 1. The summed E-state index contributed by atoms with van der Waals surface area (Å²) in [7, 11) is -5.98. The molecule has 0 aliphatic carbocycles. The molecule has 0 spiro atoms. The Hall–Kier alpha value is -4.32. The molecule has 282 valence electrons. The molecule has 0 fully saturated rings. The number of ether oxygens (including phenoxy) is 2. The summed E-state index contributed by atoms with van der Waals surface area (Å²) in [6.07, 6.45) is 3.89. The van der Waals surface area contributed by atoms with Crippen molar-refractivity contribution in [2.24, 2.45) is 0 Å². The zero-order valence-corrected chi connectivity index (χ0v) is 33.9. The molecule has 2 heterocycles. The van der Waals surface area contributed by atoms with Gasteiger partial charge < -0.3 is 18.8 Å². The number of hydrogen-bond donors (Lipinski definition) is 0. The first-order valence-electron chi connectivity index (χ1n) is 18.1. The maximum absolute atomic E-state index is 13.7. The van der Waals surface area contributed by atoms with E-state index in [0.717, 1.165) is 34.4 Å². The zero-order valence-electron chi connectivity index (χ0n) is 32.1. The van der Waals surface area contributed by atoms with Gasteiger partial charge in [0.1, 0.15) is 23.2 Å². The molecule has 2 unspecified atom stereocenters. The van der Waals surface area contributed by atoms with Gasteiger partial charge in [0.05, 0.1) is 24.1 Å². The Morgan fingerprint density at radius 1 is 0.925 bits per heavy atom. The molecule has 0 bridgehead atoms. The van der Waals surface area contributed by atoms with Crippen molar-refractivity contribution in [1.82, 2.24) is 9.88 Å². The number of rotatable bonds is 12. The largest absolute Gasteiger partial charge is 0.488 e. The van der Waals surface area contributed by atoms with E-state index in [-0.39, 0.29) is 22.6 Å². The number of carbonyl (C=O) groups is 2. The Balaban J connectivity index is 1.30. The van der Waals surface area contributed by atoms with Gasteiger partial charge in [-0.25, -0.2) is 13.2 Å². The van der Waals surface area contributed by atoms with Crippen LogP contribution >= 0.6 is 0 Å². The molecule has 1 aliphatic rings. The number of hydrogen-bond acceptors (Lipinski definition) is 8. The van der Waals surface area contributed by atoms with Gasteiger partial charge in [0.25, 0.3) is 0 Å². The number of carbonyl (C=O) groups excluding carboxylic acids is 2. The molecule has 0 saturated heterocycles. The Labute approximate surface area is 315 Å². The average Bonchev–Trinajstić information content (AvgIpc) is 3.10. The van der Waals surface area contributed by atoms with Crippen molar-refractivity contribution in [1.29, 1.82) is 0 Å². The lowest BCUT2D eigenvalue weighted by molar-refractivity contribution is 0.00490. The highest BCUT2D eigenvalue weighted by atomic mass is 32.2. The van der Waals surface area contributed by atoms with E-state index >= 15 is 0 Å². The van der Waals surface area contributed by atoms with E-state index in [0.29, 0.717) is 18.5 Å². The standard InChI is InChI=1S/C42H52N2O7SSi/c1-41(2,3)50-40(46)44(28-39(34-13-12-24-43-26-34)51-53(7,8)42(4,5)6)27-35-22-20-33-25-32(21-23-38(33)49-35)30-16-18-31(19-17-30)37(45)29-52(47,48)36-14-10-9-11-15-36/h9-19,21,23-26,35,39H,20,22,27-29H2,1-8H3. The molecule has 1 aliphatic heterocycles. The van der Waals surface area contributed by atoms with E-state index in [2.05, 4.69) is 44.9 Å². The number of sulfone groups is 1. The molecule has 2 atom stereocenters. The maximum atomic E-state index is 13.7. The first-order valence-corrected chi connectivity index (χ1v) is 22.6. The molecule has 1 amide bonds. The predicted octanol–water partition coefficient (Wildman–Crippen LogP) is 9.10. The van der Waals surface area contributed by atoms with Gasteiger partial charge in [0.2, 0.25) is 0 Å². The summed E-state index contributed by atoms with van der Waals surface area (Å²) in [5.41, 5.74) is 3.47. The van der Waals surface area contributed by atoms with E-state index in [1.807, 2.05) is 57.2 Å². The lowest BCUT2D eigenvalue weighted by Crippen LogP contribution is -2.48. The second-order valence-electron chi connectivity index (χ2n) is 16.2. The molecule has 0 radical (unpaired) electrons. The fourth-order valence-electron chi connectivity index (χ4n) is 5.87. The van der Waals surface area contributed by atoms with Crippen molar-refractivity contribution >= 4 is 30.0 Å². The molecular formula is C42H52N2O7SSi. The Kier molecular flexibility index (Phi) is 12.0. The molecule has 53 heavy (non-hydrogen) atoms. The second kappa shape index (κ2) is 16.0. The summed E-state index contributed by atoms with van der Waals surface area (Å²) in [5.74, 6) is -0.287. The van der Waals surface area contributed by atoms with Gasteiger partial charge in [-0.05, 0) is 104 Å². The molecule has 3 aromatic carbocycles. The highest BCUT2D eigenvalue weighted by molar-refractivity contribution is 7.92. The van der Waals surface area contributed by atoms with E-state index in [4.69, 9.17) is 13.9 Å². The van der Waals surface area contributed by atoms with Crippen LogP contribution in [-0.4, -0.2) is 69.0 Å². The van der Waals surface area contributed by atoms with Crippen LogP contribution in [0.2, 0.25) is 18.1 Å². The Bertz CT molecular complexity index is 1990. The van der Waals surface area contributed by atoms with Gasteiger partial charge in [0.15, 0.2) is 23.9 Å². The highest BCUT2D eigenvalue weighted by Crippen LogP contribution is 2.40. The summed E-state index contributed by atoms with van der Waals surface area (Å²) < 4.78 is 44.8. The van der Waals surface area contributed by atoms with Crippen molar-refractivity contribution in [3.63, 3.8) is 0 Å². The molecule has 9 nitrogen and oxygen atoms in total. The van der Waals surface area contributed by atoms with Crippen molar-refractivity contribution in [2.45, 2.75) is 95.2 Å². The van der Waals surface area contributed by atoms with Gasteiger partial charge in [0, 0.05) is 18.0 Å². The van der Waals surface area contributed by atoms with Crippen LogP contribution in [0.25, 0.3) is 11.1 Å². The van der Waals surface area contributed by atoms with Crippen LogP contribution < -0.4 is 4.74 Å². The monoisotopic (exact) mass is 756 g/mol. The number of Topliss-reactive ketones (excluding diaryl/α,β-unsaturated/α-hetero) is 1. The first-order chi connectivity index (χ1) is 24.8. The van der Waals surface area contributed by atoms with Crippen LogP contribution in [0.3, 0.4) is 0 Å². The van der Waals surface area contributed by atoms with E-state index in [9.17, 15) is 18.0 Å². The molecule has 11 heteroatoms. The smallest absolute Gasteiger partial charge is 0.410 e. The number of aryl methyl sites for hydroxylation is 1. The number of fused-ring (bicyclic) bond motifs is 1. The Morgan fingerprint density at radius 2 is 1.60 bits per heavy atom. The molecule has 0 saturated carbocycles. The zero-order chi connectivity index (χ0) is 38.6. The number of ketones is 1. The number of benzene rings is 3. The van der Waals surface area contributed by atoms with Crippen LogP contribution in [0.15, 0.2) is 102 Å². The van der Waals surface area contributed by atoms with Gasteiger partial charge in [-0.15, -0.1) is 0 Å². The SMILES string of the molecule is CC(C)(C)OC(=O)N(CC1CCc2cc(-c3ccc(C(=O)CS(=O)(=O)c4ccccc4)cc3)ccc2O1)CC(O[Si](C)(C)C(C)(C)C)c1cccnc1. The highest BCUT2D eigenvalue weighted by Gasteiger charge is 2.41. The van der Waals surface area contributed by atoms with Gasteiger partial charge in [-0.2, -0.15) is 0 Å². The van der Waals surface area contributed by atoms with Crippen molar-refractivity contribution < 1.29 is 31.9 Å². The van der Waals surface area contributed by atoms with E-state index in [1.165, 1.54) is 12.1 Å². The third-order valence-corrected chi connectivity index (χ3v) is 15.9. The van der Waals surface area contributed by atoms with Crippen LogP contribution in [-0.2, 0) is 25.4 Å². The van der Waals surface area contributed by atoms with E-state index < -0.39 is 47.5 Å². The van der Waals surface area contributed by atoms with Crippen LogP contribution in [0, 0.1) is 0 Å². The molecular weight excluding hydrogens is 705 g/mol. The first kappa shape index (κ1) is 39.9. The summed E-state index contributed by atoms with van der Waals surface area (Å²) in [4.78, 5) is 32.8. The average molecular weight is 757 g/mol. The molecule has 0 N–H and O–H groups in total. The quantitative estimate of drug-likeness (QED) is 0.104. The third-order valence-electron chi connectivity index (χ3n) is 9.81. The predicted molar refractivity (Wildman–Crippen MR) is 211 cm³/mol.